The number of methoxy groups -OCH3 is 2. The molecule has 1 fully saturated rings. The fourth-order valence-electron chi connectivity index (χ4n) is 5.32. The number of esters is 2. The van der Waals surface area contributed by atoms with Gasteiger partial charge in [0.15, 0.2) is 17.3 Å². The number of rotatable bonds is 13. The van der Waals surface area contributed by atoms with E-state index in [1.54, 1.807) is 37.3 Å². The molecule has 3 atom stereocenters. The molecule has 0 aromatic heterocycles. The highest BCUT2D eigenvalue weighted by Crippen LogP contribution is 2.38. The van der Waals surface area contributed by atoms with E-state index in [2.05, 4.69) is 0 Å². The van der Waals surface area contributed by atoms with E-state index in [1.807, 2.05) is 48.5 Å². The van der Waals surface area contributed by atoms with Gasteiger partial charge in [0.05, 0.1) is 33.9 Å². The Hall–Kier alpha value is -4.86. The molecule has 3 aromatic rings. The van der Waals surface area contributed by atoms with Crippen LogP contribution >= 0.6 is 0 Å². The number of likely N-dealkylation sites (tertiary alicyclic amines) is 1. The van der Waals surface area contributed by atoms with Crippen LogP contribution in [0.2, 0.25) is 0 Å². The lowest BCUT2D eigenvalue weighted by Crippen LogP contribution is -2.45. The van der Waals surface area contributed by atoms with Gasteiger partial charge in [0, 0.05) is 30.4 Å². The Morgan fingerprint density at radius 3 is 2.16 bits per heavy atom. The van der Waals surface area contributed by atoms with Crippen LogP contribution in [0, 0.1) is 11.8 Å². The Morgan fingerprint density at radius 1 is 0.841 bits per heavy atom. The van der Waals surface area contributed by atoms with Crippen LogP contribution in [0.25, 0.3) is 0 Å². The average Bonchev–Trinajstić information content (AvgIpc) is 3.43. The molecule has 0 aliphatic carbocycles. The molecule has 10 nitrogen and oxygen atoms in total. The third-order valence-electron chi connectivity index (χ3n) is 7.53. The number of carbonyl (C=O) groups is 4. The molecule has 1 aliphatic heterocycles. The number of Topliss-reactive ketones (excluding diaryl/α,β-unsaturated/α-hetero) is 1. The smallest absolute Gasteiger partial charge is 0.410 e. The minimum Gasteiger partial charge on any atom is -0.493 e. The van der Waals surface area contributed by atoms with Crippen molar-refractivity contribution in [1.82, 2.24) is 4.90 Å². The van der Waals surface area contributed by atoms with Gasteiger partial charge in [-0.05, 0) is 36.2 Å². The number of carbonyl (C=O) groups excluding carboxylic acids is 4. The first-order valence-electron chi connectivity index (χ1n) is 14.5. The van der Waals surface area contributed by atoms with Crippen LogP contribution in [0.3, 0.4) is 0 Å². The molecule has 4 rings (SSSR count). The van der Waals surface area contributed by atoms with Crippen molar-refractivity contribution >= 4 is 23.8 Å². The van der Waals surface area contributed by atoms with E-state index in [4.69, 9.17) is 23.7 Å². The highest BCUT2D eigenvalue weighted by Gasteiger charge is 2.52. The minimum absolute atomic E-state index is 0.0328. The SMILES string of the molecule is CCOC(=O)[C@@H]1[C@@H](CC(=O)OC)[C@@H](C(=O)c2ccc(OCCc3ccccc3)c(OC)c2)CN1C(=O)OCc1ccccc1. The first-order valence-corrected chi connectivity index (χ1v) is 14.5. The molecule has 10 heteroatoms. The monoisotopic (exact) mass is 603 g/mol. The molecule has 1 aliphatic rings. The number of hydrogen-bond acceptors (Lipinski definition) is 9. The molecule has 0 saturated carbocycles. The third-order valence-corrected chi connectivity index (χ3v) is 7.53. The van der Waals surface area contributed by atoms with Crippen LogP contribution in [0.15, 0.2) is 78.9 Å². The standard InChI is InChI=1S/C34H37NO9/c1-4-42-33(38)31-26(20-30(36)41-3)27(21-35(31)34(39)44-22-24-13-9-6-10-14-24)32(37)25-15-16-28(29(19-25)40-2)43-18-17-23-11-7-5-8-12-23/h5-16,19,26-27,31H,4,17-18,20-22H2,1-3H3/t26-,27-,31-/m0/s1. The zero-order chi connectivity index (χ0) is 31.5. The number of benzene rings is 3. The van der Waals surface area contributed by atoms with Crippen molar-refractivity contribution in [3.8, 4) is 11.5 Å². The number of ketones is 1. The molecule has 232 valence electrons. The Balaban J connectivity index is 1.57. The summed E-state index contributed by atoms with van der Waals surface area (Å²) in [5.41, 5.74) is 2.16. The summed E-state index contributed by atoms with van der Waals surface area (Å²) in [5, 5.41) is 0. The second-order valence-electron chi connectivity index (χ2n) is 10.3. The van der Waals surface area contributed by atoms with Crippen LogP contribution in [0.4, 0.5) is 4.79 Å². The molecule has 0 spiro atoms. The molecule has 1 saturated heterocycles. The van der Waals surface area contributed by atoms with Gasteiger partial charge >= 0.3 is 18.0 Å². The van der Waals surface area contributed by atoms with E-state index in [1.165, 1.54) is 19.1 Å². The van der Waals surface area contributed by atoms with Gasteiger partial charge in [-0.1, -0.05) is 60.7 Å². The number of hydrogen-bond donors (Lipinski definition) is 0. The van der Waals surface area contributed by atoms with Crippen molar-refractivity contribution in [2.75, 3.05) is 34.0 Å². The molecule has 1 amide bonds. The first-order chi connectivity index (χ1) is 21.4. The average molecular weight is 604 g/mol. The van der Waals surface area contributed by atoms with Crippen LogP contribution in [-0.4, -0.2) is 68.7 Å². The second-order valence-corrected chi connectivity index (χ2v) is 10.3. The van der Waals surface area contributed by atoms with Crippen LogP contribution in [0.5, 0.6) is 11.5 Å². The Kier molecular flexibility index (Phi) is 11.3. The predicted octanol–water partition coefficient (Wildman–Crippen LogP) is 4.88. The van der Waals surface area contributed by atoms with Gasteiger partial charge < -0.3 is 23.7 Å². The first kappa shape index (κ1) is 32.1. The summed E-state index contributed by atoms with van der Waals surface area (Å²) in [4.78, 5) is 54.2. The summed E-state index contributed by atoms with van der Waals surface area (Å²) < 4.78 is 27.2. The van der Waals surface area contributed by atoms with Gasteiger partial charge in [-0.2, -0.15) is 0 Å². The Morgan fingerprint density at radius 2 is 1.52 bits per heavy atom. The Labute approximate surface area is 256 Å². The molecule has 0 bridgehead atoms. The van der Waals surface area contributed by atoms with Crippen LogP contribution in [0.1, 0.15) is 34.8 Å². The fraction of sp³-hybridized carbons (Fsp3) is 0.353. The lowest BCUT2D eigenvalue weighted by Gasteiger charge is -2.25. The molecular weight excluding hydrogens is 566 g/mol. The summed E-state index contributed by atoms with van der Waals surface area (Å²) >= 11 is 0. The van der Waals surface area contributed by atoms with Gasteiger partial charge in [0.2, 0.25) is 0 Å². The summed E-state index contributed by atoms with van der Waals surface area (Å²) in [6.45, 7) is 1.90. The van der Waals surface area contributed by atoms with E-state index < -0.39 is 35.9 Å². The van der Waals surface area contributed by atoms with Gasteiger partial charge in [-0.15, -0.1) is 0 Å². The largest absolute Gasteiger partial charge is 0.493 e. The number of ether oxygens (including phenoxy) is 5. The molecule has 1 heterocycles. The molecule has 0 radical (unpaired) electrons. The van der Waals surface area contributed by atoms with Gasteiger partial charge in [-0.3, -0.25) is 14.5 Å². The van der Waals surface area contributed by atoms with Crippen molar-refractivity contribution in [3.63, 3.8) is 0 Å². The minimum atomic E-state index is -1.23. The number of nitrogens with zero attached hydrogens (tertiary/aromatic N) is 1. The normalized spacial score (nSPS) is 17.4. The van der Waals surface area contributed by atoms with Crippen molar-refractivity contribution in [3.05, 3.63) is 95.6 Å². The highest BCUT2D eigenvalue weighted by molar-refractivity contribution is 6.00. The molecule has 44 heavy (non-hydrogen) atoms. The summed E-state index contributed by atoms with van der Waals surface area (Å²) in [6.07, 6.45) is -0.388. The Bertz CT molecular complexity index is 1430. The number of amides is 1. The quantitative estimate of drug-likeness (QED) is 0.153. The van der Waals surface area contributed by atoms with Crippen molar-refractivity contribution in [1.29, 1.82) is 0 Å². The van der Waals surface area contributed by atoms with E-state index >= 15 is 0 Å². The zero-order valence-electron chi connectivity index (χ0n) is 25.1. The van der Waals surface area contributed by atoms with Crippen molar-refractivity contribution < 1.29 is 42.9 Å². The maximum Gasteiger partial charge on any atom is 0.410 e. The third kappa shape index (κ3) is 7.94. The van der Waals surface area contributed by atoms with E-state index in [0.717, 1.165) is 11.1 Å². The van der Waals surface area contributed by atoms with Gasteiger partial charge in [0.25, 0.3) is 0 Å². The second kappa shape index (κ2) is 15.6. The maximum atomic E-state index is 14.0. The molecule has 0 unspecified atom stereocenters. The molecule has 3 aromatic carbocycles. The maximum absolute atomic E-state index is 14.0. The molecular formula is C34H37NO9. The van der Waals surface area contributed by atoms with E-state index in [0.29, 0.717) is 24.5 Å². The van der Waals surface area contributed by atoms with Gasteiger partial charge in [0.1, 0.15) is 12.6 Å². The van der Waals surface area contributed by atoms with Crippen LogP contribution < -0.4 is 9.47 Å². The summed E-state index contributed by atoms with van der Waals surface area (Å²) in [5.74, 6) is -2.75. The lowest BCUT2D eigenvalue weighted by molar-refractivity contribution is -0.150. The van der Waals surface area contributed by atoms with E-state index in [-0.39, 0.29) is 37.5 Å². The molecule has 0 N–H and O–H groups in total. The predicted molar refractivity (Wildman–Crippen MR) is 160 cm³/mol. The topological polar surface area (TPSA) is 118 Å². The summed E-state index contributed by atoms with van der Waals surface area (Å²) in [7, 11) is 2.70. The van der Waals surface area contributed by atoms with Crippen LogP contribution in [-0.2, 0) is 36.8 Å². The highest BCUT2D eigenvalue weighted by atomic mass is 16.6. The van der Waals surface area contributed by atoms with Crippen molar-refractivity contribution in [2.45, 2.75) is 32.4 Å². The summed E-state index contributed by atoms with van der Waals surface area (Å²) in [6, 6.07) is 22.6. The van der Waals surface area contributed by atoms with Crippen molar-refractivity contribution in [2.24, 2.45) is 11.8 Å². The lowest BCUT2D eigenvalue weighted by atomic mass is 9.82. The van der Waals surface area contributed by atoms with Gasteiger partial charge in [-0.25, -0.2) is 9.59 Å². The zero-order valence-corrected chi connectivity index (χ0v) is 25.1. The van der Waals surface area contributed by atoms with E-state index in [9.17, 15) is 19.2 Å². The fourth-order valence-corrected chi connectivity index (χ4v) is 5.32.